The van der Waals surface area contributed by atoms with Gasteiger partial charge in [0.15, 0.2) is 0 Å². The highest BCUT2D eigenvalue weighted by Crippen LogP contribution is 2.19. The van der Waals surface area contributed by atoms with Crippen molar-refractivity contribution in [3.63, 3.8) is 0 Å². The van der Waals surface area contributed by atoms with Crippen LogP contribution in [0, 0.1) is 0 Å². The number of unbranched alkanes of at least 4 members (excludes halogenated alkanes) is 3. The molecule has 5 heteroatoms. The second-order valence-electron chi connectivity index (χ2n) is 5.25. The second kappa shape index (κ2) is 12.3. The number of carbonyl (C=O) groups is 1. The van der Waals surface area contributed by atoms with Gasteiger partial charge in [0.05, 0.1) is 12.6 Å². The number of hydrogen-bond donors (Lipinski definition) is 2. The first-order chi connectivity index (χ1) is 10.2. The molecule has 0 radical (unpaired) electrons. The lowest BCUT2D eigenvalue weighted by molar-refractivity contribution is -0.121. The second-order valence-corrected chi connectivity index (χ2v) is 5.25. The van der Waals surface area contributed by atoms with Crippen LogP contribution in [0.1, 0.15) is 57.6 Å². The highest BCUT2D eigenvalue weighted by atomic mass is 35.5. The van der Waals surface area contributed by atoms with E-state index in [0.717, 1.165) is 43.5 Å². The van der Waals surface area contributed by atoms with Gasteiger partial charge in [0.1, 0.15) is 5.75 Å². The lowest BCUT2D eigenvalue weighted by Gasteiger charge is -2.15. The van der Waals surface area contributed by atoms with Crippen LogP contribution >= 0.6 is 12.4 Å². The van der Waals surface area contributed by atoms with Gasteiger partial charge in [-0.2, -0.15) is 0 Å². The van der Waals surface area contributed by atoms with E-state index >= 15 is 0 Å². The topological polar surface area (TPSA) is 64.3 Å². The molecular weight excluding hydrogens is 300 g/mol. The van der Waals surface area contributed by atoms with Crippen molar-refractivity contribution in [3.8, 4) is 5.75 Å². The van der Waals surface area contributed by atoms with Crippen LogP contribution in [0.2, 0.25) is 0 Å². The minimum Gasteiger partial charge on any atom is -0.494 e. The molecular formula is C17H29ClN2O2. The highest BCUT2D eigenvalue weighted by Gasteiger charge is 2.10. The molecule has 0 saturated carbocycles. The summed E-state index contributed by atoms with van der Waals surface area (Å²) in [5.74, 6) is 0.954. The van der Waals surface area contributed by atoms with Gasteiger partial charge in [-0.05, 0) is 50.9 Å². The van der Waals surface area contributed by atoms with Crippen LogP contribution < -0.4 is 15.8 Å². The lowest BCUT2D eigenvalue weighted by Crippen LogP contribution is -2.26. The van der Waals surface area contributed by atoms with Crippen LogP contribution in [-0.4, -0.2) is 19.1 Å². The highest BCUT2D eigenvalue weighted by molar-refractivity contribution is 5.85. The molecule has 1 atom stereocenters. The average Bonchev–Trinajstić information content (AvgIpc) is 2.47. The third-order valence-electron chi connectivity index (χ3n) is 3.40. The van der Waals surface area contributed by atoms with Gasteiger partial charge in [0.25, 0.3) is 0 Å². The Balaban J connectivity index is 0.00000441. The molecule has 1 amide bonds. The van der Waals surface area contributed by atoms with Gasteiger partial charge in [0.2, 0.25) is 5.91 Å². The molecule has 0 aliphatic carbocycles. The van der Waals surface area contributed by atoms with Crippen molar-refractivity contribution in [2.75, 3.05) is 13.2 Å². The van der Waals surface area contributed by atoms with Gasteiger partial charge in [-0.25, -0.2) is 0 Å². The molecule has 0 fully saturated rings. The van der Waals surface area contributed by atoms with Crippen molar-refractivity contribution in [1.29, 1.82) is 0 Å². The van der Waals surface area contributed by atoms with Crippen molar-refractivity contribution < 1.29 is 9.53 Å². The van der Waals surface area contributed by atoms with E-state index in [-0.39, 0.29) is 24.4 Å². The van der Waals surface area contributed by atoms with E-state index < -0.39 is 0 Å². The summed E-state index contributed by atoms with van der Waals surface area (Å²) in [4.78, 5) is 11.9. The SMILES string of the molecule is CCOc1cccc(C(C)NC(=O)CCCCCCN)c1.Cl. The van der Waals surface area contributed by atoms with E-state index in [4.69, 9.17) is 10.5 Å². The monoisotopic (exact) mass is 328 g/mol. The molecule has 0 bridgehead atoms. The maximum absolute atomic E-state index is 11.9. The van der Waals surface area contributed by atoms with Crippen molar-refractivity contribution in [2.24, 2.45) is 5.73 Å². The molecule has 4 nitrogen and oxygen atoms in total. The Morgan fingerprint density at radius 1 is 1.27 bits per heavy atom. The fraction of sp³-hybridized carbons (Fsp3) is 0.588. The molecule has 1 aromatic rings. The quantitative estimate of drug-likeness (QED) is 0.645. The van der Waals surface area contributed by atoms with Crippen molar-refractivity contribution in [2.45, 2.75) is 52.0 Å². The summed E-state index contributed by atoms with van der Waals surface area (Å²) in [7, 11) is 0. The minimum atomic E-state index is 0. The zero-order valence-electron chi connectivity index (χ0n) is 13.6. The van der Waals surface area contributed by atoms with Crippen molar-refractivity contribution in [3.05, 3.63) is 29.8 Å². The zero-order valence-corrected chi connectivity index (χ0v) is 14.5. The molecule has 1 rings (SSSR count). The van der Waals surface area contributed by atoms with Gasteiger partial charge in [-0.15, -0.1) is 12.4 Å². The Labute approximate surface area is 140 Å². The summed E-state index contributed by atoms with van der Waals surface area (Å²) in [5, 5.41) is 3.04. The fourth-order valence-corrected chi connectivity index (χ4v) is 2.22. The largest absolute Gasteiger partial charge is 0.494 e. The van der Waals surface area contributed by atoms with Gasteiger partial charge < -0.3 is 15.8 Å². The first-order valence-corrected chi connectivity index (χ1v) is 7.89. The molecule has 0 saturated heterocycles. The molecule has 126 valence electrons. The lowest BCUT2D eigenvalue weighted by atomic mass is 10.1. The molecule has 0 aliphatic rings. The van der Waals surface area contributed by atoms with E-state index in [1.54, 1.807) is 0 Å². The summed E-state index contributed by atoms with van der Waals surface area (Å²) in [6.07, 6.45) is 4.73. The molecule has 22 heavy (non-hydrogen) atoms. The Kier molecular flexibility index (Phi) is 11.6. The number of nitrogens with one attached hydrogen (secondary N) is 1. The maximum atomic E-state index is 11.9. The van der Waals surface area contributed by atoms with Crippen LogP contribution in [0.3, 0.4) is 0 Å². The van der Waals surface area contributed by atoms with Gasteiger partial charge in [-0.3, -0.25) is 4.79 Å². The van der Waals surface area contributed by atoms with E-state index in [0.29, 0.717) is 13.0 Å². The number of rotatable bonds is 10. The number of ether oxygens (including phenoxy) is 1. The van der Waals surface area contributed by atoms with E-state index in [1.165, 1.54) is 0 Å². The van der Waals surface area contributed by atoms with Gasteiger partial charge >= 0.3 is 0 Å². The summed E-state index contributed by atoms with van der Waals surface area (Å²) >= 11 is 0. The zero-order chi connectivity index (χ0) is 15.5. The van der Waals surface area contributed by atoms with Crippen LogP contribution in [0.5, 0.6) is 5.75 Å². The van der Waals surface area contributed by atoms with Crippen LogP contribution in [0.25, 0.3) is 0 Å². The molecule has 0 aromatic heterocycles. The van der Waals surface area contributed by atoms with E-state index in [9.17, 15) is 4.79 Å². The fourth-order valence-electron chi connectivity index (χ4n) is 2.22. The smallest absolute Gasteiger partial charge is 0.220 e. The third kappa shape index (κ3) is 8.25. The van der Waals surface area contributed by atoms with Crippen LogP contribution in [0.4, 0.5) is 0 Å². The Bertz CT molecular complexity index is 427. The maximum Gasteiger partial charge on any atom is 0.220 e. The molecule has 0 aliphatic heterocycles. The number of hydrogen-bond acceptors (Lipinski definition) is 3. The minimum absolute atomic E-state index is 0. The molecule has 1 aromatic carbocycles. The normalized spacial score (nSPS) is 11.4. The Hall–Kier alpha value is -1.26. The van der Waals surface area contributed by atoms with Gasteiger partial charge in [-0.1, -0.05) is 25.0 Å². The van der Waals surface area contributed by atoms with Gasteiger partial charge in [0, 0.05) is 6.42 Å². The molecule has 3 N–H and O–H groups in total. The summed E-state index contributed by atoms with van der Waals surface area (Å²) in [6.45, 7) is 5.34. The summed E-state index contributed by atoms with van der Waals surface area (Å²) in [5.41, 5.74) is 6.51. The molecule has 0 spiro atoms. The number of amides is 1. The number of halogens is 1. The first-order valence-electron chi connectivity index (χ1n) is 7.89. The Morgan fingerprint density at radius 2 is 2.00 bits per heavy atom. The summed E-state index contributed by atoms with van der Waals surface area (Å²) < 4.78 is 5.48. The Morgan fingerprint density at radius 3 is 2.68 bits per heavy atom. The van der Waals surface area contributed by atoms with Crippen LogP contribution in [0.15, 0.2) is 24.3 Å². The molecule has 1 unspecified atom stereocenters. The predicted molar refractivity (Wildman–Crippen MR) is 93.6 cm³/mol. The third-order valence-corrected chi connectivity index (χ3v) is 3.40. The molecule has 0 heterocycles. The van der Waals surface area contributed by atoms with E-state index in [1.807, 2.05) is 38.1 Å². The average molecular weight is 329 g/mol. The first kappa shape index (κ1) is 20.7. The number of carbonyl (C=O) groups excluding carboxylic acids is 1. The predicted octanol–water partition coefficient (Wildman–Crippen LogP) is 3.59. The summed E-state index contributed by atoms with van der Waals surface area (Å²) in [6, 6.07) is 7.88. The number of benzene rings is 1. The van der Waals surface area contributed by atoms with Crippen molar-refractivity contribution >= 4 is 18.3 Å². The number of nitrogens with two attached hydrogens (primary N) is 1. The van der Waals surface area contributed by atoms with E-state index in [2.05, 4.69) is 5.32 Å². The van der Waals surface area contributed by atoms with Crippen LogP contribution in [-0.2, 0) is 4.79 Å². The van der Waals surface area contributed by atoms with Crippen molar-refractivity contribution in [1.82, 2.24) is 5.32 Å². The standard InChI is InChI=1S/C17H28N2O2.ClH/c1-3-21-16-10-8-9-15(13-16)14(2)19-17(20)11-6-4-5-7-12-18;/h8-10,13-14H,3-7,11-12,18H2,1-2H3,(H,19,20);1H.